The summed E-state index contributed by atoms with van der Waals surface area (Å²) in [5, 5.41) is 0. The number of ether oxygens (including phenoxy) is 1. The van der Waals surface area contributed by atoms with Gasteiger partial charge in [-0.2, -0.15) is 0 Å². The molecule has 8 heteroatoms. The average Bonchev–Trinajstić information content (AvgIpc) is 3.15. The molecule has 0 radical (unpaired) electrons. The largest absolute Gasteiger partial charge is 0.456 e. The SMILES string of the molecule is C[C@@H](C(=O)OCC(=O)c1ccc(Cl)s1)N1C(=O)[C@H]2CC=CC[C@H]2C1=O. The third-order valence-electron chi connectivity index (χ3n) is 4.46. The number of rotatable bonds is 5. The quantitative estimate of drug-likeness (QED) is 0.339. The van der Waals surface area contributed by atoms with E-state index in [0.29, 0.717) is 22.1 Å². The number of carbonyl (C=O) groups excluding carboxylic acids is 4. The average molecular weight is 382 g/mol. The number of thiophene rings is 1. The van der Waals surface area contributed by atoms with Crippen molar-refractivity contribution in [1.29, 1.82) is 0 Å². The minimum Gasteiger partial charge on any atom is -0.456 e. The van der Waals surface area contributed by atoms with Gasteiger partial charge in [-0.1, -0.05) is 23.8 Å². The molecule has 1 fully saturated rings. The van der Waals surface area contributed by atoms with Gasteiger partial charge in [-0.25, -0.2) is 4.79 Å². The molecular weight excluding hydrogens is 366 g/mol. The summed E-state index contributed by atoms with van der Waals surface area (Å²) < 4.78 is 5.47. The molecule has 0 saturated carbocycles. The molecule has 0 N–H and O–H groups in total. The molecule has 3 rings (SSSR count). The lowest BCUT2D eigenvalue weighted by atomic mass is 9.85. The van der Waals surface area contributed by atoms with Crippen molar-refractivity contribution in [1.82, 2.24) is 4.90 Å². The molecular formula is C17H16ClNO5S. The van der Waals surface area contributed by atoms with Crippen molar-refractivity contribution in [3.05, 3.63) is 33.5 Å². The Bertz CT molecular complexity index is 745. The number of hydrogen-bond donors (Lipinski definition) is 0. The number of nitrogens with zero attached hydrogens (tertiary/aromatic N) is 1. The Balaban J connectivity index is 1.61. The summed E-state index contributed by atoms with van der Waals surface area (Å²) in [6.07, 6.45) is 4.77. The number of halogens is 1. The molecule has 2 amide bonds. The smallest absolute Gasteiger partial charge is 0.329 e. The van der Waals surface area contributed by atoms with Gasteiger partial charge in [0.1, 0.15) is 6.04 Å². The first-order valence-electron chi connectivity index (χ1n) is 7.87. The Hall–Kier alpha value is -1.99. The lowest BCUT2D eigenvalue weighted by Gasteiger charge is -2.21. The van der Waals surface area contributed by atoms with Crippen LogP contribution in [0.15, 0.2) is 24.3 Å². The summed E-state index contributed by atoms with van der Waals surface area (Å²) >= 11 is 6.86. The van der Waals surface area contributed by atoms with E-state index in [9.17, 15) is 19.2 Å². The van der Waals surface area contributed by atoms with Gasteiger partial charge in [0.15, 0.2) is 6.61 Å². The van der Waals surface area contributed by atoms with Crippen molar-refractivity contribution < 1.29 is 23.9 Å². The maximum Gasteiger partial charge on any atom is 0.329 e. The molecule has 6 nitrogen and oxygen atoms in total. The molecule has 2 heterocycles. The fourth-order valence-electron chi connectivity index (χ4n) is 3.11. The first-order chi connectivity index (χ1) is 11.9. The highest BCUT2D eigenvalue weighted by molar-refractivity contribution is 7.18. The minimum atomic E-state index is -1.05. The Morgan fingerprint density at radius 1 is 1.24 bits per heavy atom. The number of fused-ring (bicyclic) bond motifs is 1. The summed E-state index contributed by atoms with van der Waals surface area (Å²) in [6, 6.07) is 2.09. The first kappa shape index (κ1) is 17.8. The van der Waals surface area contributed by atoms with E-state index in [0.717, 1.165) is 16.2 Å². The van der Waals surface area contributed by atoms with Crippen LogP contribution in [0.4, 0.5) is 0 Å². The predicted octanol–water partition coefficient (Wildman–Crippen LogP) is 2.47. The van der Waals surface area contributed by atoms with Crippen LogP contribution in [-0.4, -0.2) is 41.1 Å². The molecule has 2 aliphatic rings. The van der Waals surface area contributed by atoms with Crippen LogP contribution in [0.5, 0.6) is 0 Å². The summed E-state index contributed by atoms with van der Waals surface area (Å²) in [5.41, 5.74) is 0. The zero-order valence-electron chi connectivity index (χ0n) is 13.4. The molecule has 1 aromatic heterocycles. The maximum absolute atomic E-state index is 12.4. The number of imide groups is 1. The normalized spacial score (nSPS) is 23.5. The van der Waals surface area contributed by atoms with Gasteiger partial charge in [-0.15, -0.1) is 11.3 Å². The number of hydrogen-bond acceptors (Lipinski definition) is 6. The van der Waals surface area contributed by atoms with Gasteiger partial charge in [0.05, 0.1) is 21.0 Å². The van der Waals surface area contributed by atoms with Gasteiger partial charge in [-0.3, -0.25) is 19.3 Å². The third kappa shape index (κ3) is 3.39. The van der Waals surface area contributed by atoms with Crippen molar-refractivity contribution in [3.8, 4) is 0 Å². The monoisotopic (exact) mass is 381 g/mol. The van der Waals surface area contributed by atoms with Crippen molar-refractivity contribution in [3.63, 3.8) is 0 Å². The Kier molecular flexibility index (Phi) is 5.06. The van der Waals surface area contributed by atoms with Crippen molar-refractivity contribution >= 4 is 46.5 Å². The van der Waals surface area contributed by atoms with Crippen LogP contribution in [0.3, 0.4) is 0 Å². The second-order valence-corrected chi connectivity index (χ2v) is 7.73. The Morgan fingerprint density at radius 2 is 1.84 bits per heavy atom. The van der Waals surface area contributed by atoms with Crippen molar-refractivity contribution in [2.24, 2.45) is 11.8 Å². The van der Waals surface area contributed by atoms with Crippen LogP contribution in [0.25, 0.3) is 0 Å². The summed E-state index contributed by atoms with van der Waals surface area (Å²) in [4.78, 5) is 50.4. The highest BCUT2D eigenvalue weighted by Crippen LogP contribution is 2.36. The molecule has 1 aromatic rings. The summed E-state index contributed by atoms with van der Waals surface area (Å²) in [5.74, 6) is -2.65. The molecule has 0 spiro atoms. The van der Waals surface area contributed by atoms with Crippen molar-refractivity contribution in [2.45, 2.75) is 25.8 Å². The third-order valence-corrected chi connectivity index (χ3v) is 5.74. The van der Waals surface area contributed by atoms with Crippen LogP contribution < -0.4 is 0 Å². The molecule has 1 aliphatic carbocycles. The minimum absolute atomic E-state index is 0.347. The molecule has 0 unspecified atom stereocenters. The fraction of sp³-hybridized carbons (Fsp3) is 0.412. The van der Waals surface area contributed by atoms with E-state index in [1.807, 2.05) is 12.2 Å². The van der Waals surface area contributed by atoms with Gasteiger partial charge in [0.2, 0.25) is 17.6 Å². The van der Waals surface area contributed by atoms with E-state index in [2.05, 4.69) is 0 Å². The van der Waals surface area contributed by atoms with Crippen LogP contribution in [0.1, 0.15) is 29.4 Å². The summed E-state index contributed by atoms with van der Waals surface area (Å²) in [7, 11) is 0. The maximum atomic E-state index is 12.4. The zero-order valence-corrected chi connectivity index (χ0v) is 15.0. The Labute approximate surface area is 153 Å². The zero-order chi connectivity index (χ0) is 18.1. The fourth-order valence-corrected chi connectivity index (χ4v) is 4.07. The molecule has 1 saturated heterocycles. The number of amides is 2. The van der Waals surface area contributed by atoms with E-state index in [1.54, 1.807) is 12.1 Å². The second-order valence-electron chi connectivity index (χ2n) is 6.01. The molecule has 0 aromatic carbocycles. The van der Waals surface area contributed by atoms with E-state index < -0.39 is 30.5 Å². The number of likely N-dealkylation sites (tertiary alicyclic amines) is 1. The number of Topliss-reactive ketones (excluding diaryl/α,β-unsaturated/α-hetero) is 1. The second kappa shape index (κ2) is 7.09. The van der Waals surface area contributed by atoms with Gasteiger partial charge < -0.3 is 4.74 Å². The van der Waals surface area contributed by atoms with E-state index in [-0.39, 0.29) is 17.6 Å². The van der Waals surface area contributed by atoms with Crippen LogP contribution >= 0.6 is 22.9 Å². The molecule has 3 atom stereocenters. The molecule has 1 aliphatic heterocycles. The predicted molar refractivity (Wildman–Crippen MR) is 91.3 cm³/mol. The molecule has 25 heavy (non-hydrogen) atoms. The molecule has 0 bridgehead atoms. The van der Waals surface area contributed by atoms with Crippen molar-refractivity contribution in [2.75, 3.05) is 6.61 Å². The van der Waals surface area contributed by atoms with E-state index in [4.69, 9.17) is 16.3 Å². The number of carbonyl (C=O) groups is 4. The van der Waals surface area contributed by atoms with Gasteiger partial charge in [0.25, 0.3) is 0 Å². The van der Waals surface area contributed by atoms with E-state index >= 15 is 0 Å². The lowest BCUT2D eigenvalue weighted by Crippen LogP contribution is -2.44. The first-order valence-corrected chi connectivity index (χ1v) is 9.06. The topological polar surface area (TPSA) is 80.8 Å². The number of ketones is 1. The van der Waals surface area contributed by atoms with E-state index in [1.165, 1.54) is 6.92 Å². The number of esters is 1. The lowest BCUT2D eigenvalue weighted by molar-refractivity contribution is -0.157. The highest BCUT2D eigenvalue weighted by Gasteiger charge is 2.50. The standard InChI is InChI=1S/C17H16ClNO5S/c1-9(17(23)24-8-12(20)13-6-7-14(18)25-13)19-15(21)10-4-2-3-5-11(10)16(19)22/h2-3,6-7,9-11H,4-5,8H2,1H3/t9-,10-,11+/m0/s1. The van der Waals surface area contributed by atoms with Crippen LogP contribution in [0.2, 0.25) is 4.34 Å². The van der Waals surface area contributed by atoms with Crippen LogP contribution in [-0.2, 0) is 19.1 Å². The van der Waals surface area contributed by atoms with Gasteiger partial charge >= 0.3 is 5.97 Å². The Morgan fingerprint density at radius 3 is 2.36 bits per heavy atom. The van der Waals surface area contributed by atoms with Gasteiger partial charge in [-0.05, 0) is 31.9 Å². The van der Waals surface area contributed by atoms with Gasteiger partial charge in [0, 0.05) is 0 Å². The molecule has 132 valence electrons. The highest BCUT2D eigenvalue weighted by atomic mass is 35.5. The number of allylic oxidation sites excluding steroid dienone is 2. The summed E-state index contributed by atoms with van der Waals surface area (Å²) in [6.45, 7) is 0.986. The van der Waals surface area contributed by atoms with Crippen LogP contribution in [0, 0.1) is 11.8 Å².